The van der Waals surface area contributed by atoms with Gasteiger partial charge in [-0.1, -0.05) is 24.3 Å². The Kier molecular flexibility index (Phi) is 8.11. The van der Waals surface area contributed by atoms with Crippen molar-refractivity contribution in [2.75, 3.05) is 40.5 Å². The van der Waals surface area contributed by atoms with Crippen LogP contribution in [-0.2, 0) is 11.3 Å². The van der Waals surface area contributed by atoms with Gasteiger partial charge in [0, 0.05) is 39.4 Å². The van der Waals surface area contributed by atoms with E-state index in [4.69, 9.17) is 14.2 Å². The number of nitrogens with one attached hydrogen (secondary N) is 1. The van der Waals surface area contributed by atoms with Crippen LogP contribution in [0.25, 0.3) is 0 Å². The maximum Gasteiger partial charge on any atom is 0.255 e. The van der Waals surface area contributed by atoms with Crippen molar-refractivity contribution in [3.8, 4) is 11.5 Å². The van der Waals surface area contributed by atoms with Crippen LogP contribution in [0.15, 0.2) is 42.5 Å². The van der Waals surface area contributed by atoms with Crippen molar-refractivity contribution in [2.24, 2.45) is 0 Å². The lowest BCUT2D eigenvalue weighted by Crippen LogP contribution is -2.38. The first kappa shape index (κ1) is 22.1. The molecule has 30 heavy (non-hydrogen) atoms. The van der Waals surface area contributed by atoms with Crippen LogP contribution < -0.4 is 14.8 Å². The fourth-order valence-electron chi connectivity index (χ4n) is 3.67. The summed E-state index contributed by atoms with van der Waals surface area (Å²) in [5, 5.41) is 2.86. The molecule has 0 aliphatic carbocycles. The van der Waals surface area contributed by atoms with Crippen LogP contribution in [0, 0.1) is 6.92 Å². The van der Waals surface area contributed by atoms with Crippen LogP contribution in [0.5, 0.6) is 11.5 Å². The first-order valence-corrected chi connectivity index (χ1v) is 10.5. The van der Waals surface area contributed by atoms with E-state index in [0.29, 0.717) is 30.2 Å². The van der Waals surface area contributed by atoms with Crippen LogP contribution in [0.2, 0.25) is 0 Å². The molecule has 0 aromatic heterocycles. The summed E-state index contributed by atoms with van der Waals surface area (Å²) in [6.07, 6.45) is 1.93. The topological polar surface area (TPSA) is 60.0 Å². The number of piperidine rings is 1. The van der Waals surface area contributed by atoms with Crippen molar-refractivity contribution in [3.05, 3.63) is 59.2 Å². The van der Waals surface area contributed by atoms with E-state index in [-0.39, 0.29) is 12.0 Å². The van der Waals surface area contributed by atoms with Gasteiger partial charge in [0.15, 0.2) is 0 Å². The van der Waals surface area contributed by atoms with Crippen LogP contribution in [-0.4, -0.2) is 57.4 Å². The molecule has 3 rings (SSSR count). The van der Waals surface area contributed by atoms with Gasteiger partial charge in [0.2, 0.25) is 0 Å². The Balaban J connectivity index is 1.60. The molecule has 2 aromatic carbocycles. The third-order valence-electron chi connectivity index (χ3n) is 5.51. The number of hydrogen-bond acceptors (Lipinski definition) is 5. The van der Waals surface area contributed by atoms with Crippen molar-refractivity contribution in [3.63, 3.8) is 0 Å². The number of carbonyl (C=O) groups excluding carboxylic acids is 1. The molecule has 1 saturated heterocycles. The molecule has 0 spiro atoms. The second kappa shape index (κ2) is 11.0. The Morgan fingerprint density at radius 2 is 1.90 bits per heavy atom. The van der Waals surface area contributed by atoms with Gasteiger partial charge in [0.1, 0.15) is 17.6 Å². The molecule has 1 aliphatic rings. The summed E-state index contributed by atoms with van der Waals surface area (Å²) in [7, 11) is 3.22. The SMILES string of the molecule is COCCNC(=O)c1ccc(OC)cc1OC1CCN(Cc2ccccc2C)CC1. The summed E-state index contributed by atoms with van der Waals surface area (Å²) < 4.78 is 16.6. The van der Waals surface area contributed by atoms with E-state index in [2.05, 4.69) is 41.4 Å². The highest BCUT2D eigenvalue weighted by Gasteiger charge is 2.23. The van der Waals surface area contributed by atoms with E-state index < -0.39 is 0 Å². The number of benzene rings is 2. The lowest BCUT2D eigenvalue weighted by molar-refractivity contribution is 0.0881. The maximum atomic E-state index is 12.6. The molecule has 0 saturated carbocycles. The van der Waals surface area contributed by atoms with Gasteiger partial charge >= 0.3 is 0 Å². The van der Waals surface area contributed by atoms with Crippen molar-refractivity contribution in [1.82, 2.24) is 10.2 Å². The fourth-order valence-corrected chi connectivity index (χ4v) is 3.67. The number of amides is 1. The number of carbonyl (C=O) groups is 1. The Bertz CT molecular complexity index is 832. The average molecular weight is 413 g/mol. The van der Waals surface area contributed by atoms with Gasteiger partial charge < -0.3 is 19.5 Å². The first-order chi connectivity index (χ1) is 14.6. The third-order valence-corrected chi connectivity index (χ3v) is 5.51. The lowest BCUT2D eigenvalue weighted by atomic mass is 10.0. The van der Waals surface area contributed by atoms with Crippen molar-refractivity contribution in [1.29, 1.82) is 0 Å². The van der Waals surface area contributed by atoms with E-state index in [1.54, 1.807) is 32.4 Å². The molecule has 0 unspecified atom stereocenters. The molecule has 0 radical (unpaired) electrons. The molecule has 1 aliphatic heterocycles. The minimum atomic E-state index is -0.165. The zero-order valence-electron chi connectivity index (χ0n) is 18.1. The van der Waals surface area contributed by atoms with Gasteiger partial charge in [0.05, 0.1) is 19.3 Å². The molecular formula is C24H32N2O4. The monoisotopic (exact) mass is 412 g/mol. The van der Waals surface area contributed by atoms with Gasteiger partial charge in [-0.3, -0.25) is 9.69 Å². The summed E-state index contributed by atoms with van der Waals surface area (Å²) in [5.74, 6) is 1.08. The number of nitrogens with zero attached hydrogens (tertiary/aromatic N) is 1. The molecule has 2 aromatic rings. The Labute approximate surface area is 179 Å². The number of methoxy groups -OCH3 is 2. The van der Waals surface area contributed by atoms with Gasteiger partial charge in [0.25, 0.3) is 5.91 Å². The molecule has 0 bridgehead atoms. The molecule has 6 heteroatoms. The highest BCUT2D eigenvalue weighted by Crippen LogP contribution is 2.28. The van der Waals surface area contributed by atoms with Crippen LogP contribution in [0.4, 0.5) is 0 Å². The second-order valence-electron chi connectivity index (χ2n) is 7.63. The largest absolute Gasteiger partial charge is 0.497 e. The van der Waals surface area contributed by atoms with Gasteiger partial charge in [-0.15, -0.1) is 0 Å². The molecule has 1 heterocycles. The zero-order valence-corrected chi connectivity index (χ0v) is 18.1. The standard InChI is InChI=1S/C24H32N2O4/c1-18-6-4-5-7-19(18)17-26-13-10-20(11-14-26)30-23-16-21(29-3)8-9-22(23)24(27)25-12-15-28-2/h4-9,16,20H,10-15,17H2,1-3H3,(H,25,27). The average Bonchev–Trinajstić information content (AvgIpc) is 2.76. The third kappa shape index (κ3) is 5.97. The van der Waals surface area contributed by atoms with Gasteiger partial charge in [-0.05, 0) is 43.0 Å². The van der Waals surface area contributed by atoms with Gasteiger partial charge in [-0.25, -0.2) is 0 Å². The van der Waals surface area contributed by atoms with Crippen molar-refractivity contribution in [2.45, 2.75) is 32.4 Å². The fraction of sp³-hybridized carbons (Fsp3) is 0.458. The normalized spacial score (nSPS) is 15.0. The number of likely N-dealkylation sites (tertiary alicyclic amines) is 1. The molecule has 1 fully saturated rings. The number of hydrogen-bond donors (Lipinski definition) is 1. The Morgan fingerprint density at radius 1 is 1.13 bits per heavy atom. The Morgan fingerprint density at radius 3 is 2.60 bits per heavy atom. The smallest absolute Gasteiger partial charge is 0.255 e. The highest BCUT2D eigenvalue weighted by molar-refractivity contribution is 5.97. The van der Waals surface area contributed by atoms with E-state index in [1.165, 1.54) is 11.1 Å². The van der Waals surface area contributed by atoms with Crippen LogP contribution >= 0.6 is 0 Å². The predicted octanol–water partition coefficient (Wildman–Crippen LogP) is 3.42. The predicted molar refractivity (Wildman–Crippen MR) is 117 cm³/mol. The Hall–Kier alpha value is -2.57. The van der Waals surface area contributed by atoms with Crippen molar-refractivity contribution < 1.29 is 19.0 Å². The number of ether oxygens (including phenoxy) is 3. The maximum absolute atomic E-state index is 12.6. The van der Waals surface area contributed by atoms with E-state index in [1.807, 2.05) is 0 Å². The summed E-state index contributed by atoms with van der Waals surface area (Å²) >= 11 is 0. The molecule has 162 valence electrons. The van der Waals surface area contributed by atoms with E-state index in [9.17, 15) is 4.79 Å². The van der Waals surface area contributed by atoms with Crippen molar-refractivity contribution >= 4 is 5.91 Å². The summed E-state index contributed by atoms with van der Waals surface area (Å²) in [6.45, 7) is 5.99. The highest BCUT2D eigenvalue weighted by atomic mass is 16.5. The zero-order chi connectivity index (χ0) is 21.3. The summed E-state index contributed by atoms with van der Waals surface area (Å²) in [4.78, 5) is 15.0. The number of rotatable bonds is 9. The minimum Gasteiger partial charge on any atom is -0.497 e. The number of aryl methyl sites for hydroxylation is 1. The molecule has 0 atom stereocenters. The summed E-state index contributed by atoms with van der Waals surface area (Å²) in [5.41, 5.74) is 3.23. The minimum absolute atomic E-state index is 0.0794. The van der Waals surface area contributed by atoms with E-state index >= 15 is 0 Å². The van der Waals surface area contributed by atoms with E-state index in [0.717, 1.165) is 32.5 Å². The molecule has 6 nitrogen and oxygen atoms in total. The summed E-state index contributed by atoms with van der Waals surface area (Å²) in [6, 6.07) is 13.9. The second-order valence-corrected chi connectivity index (χ2v) is 7.63. The van der Waals surface area contributed by atoms with Gasteiger partial charge in [-0.2, -0.15) is 0 Å². The molecule has 1 N–H and O–H groups in total. The molecular weight excluding hydrogens is 380 g/mol. The first-order valence-electron chi connectivity index (χ1n) is 10.5. The van der Waals surface area contributed by atoms with Crippen LogP contribution in [0.3, 0.4) is 0 Å². The molecule has 1 amide bonds. The lowest BCUT2D eigenvalue weighted by Gasteiger charge is -2.32. The quantitative estimate of drug-likeness (QED) is 0.640. The van der Waals surface area contributed by atoms with Crippen LogP contribution in [0.1, 0.15) is 34.3 Å².